The van der Waals surface area contributed by atoms with Crippen LogP contribution in [0.15, 0.2) is 0 Å². The monoisotopic (exact) mass is 277 g/mol. The van der Waals surface area contributed by atoms with Crippen molar-refractivity contribution in [3.63, 3.8) is 0 Å². The number of halogens is 3. The highest BCUT2D eigenvalue weighted by Crippen LogP contribution is 2.01. The minimum absolute atomic E-state index is 0.0789. The van der Waals surface area contributed by atoms with E-state index in [1.165, 1.54) is 4.90 Å². The molecule has 7 heteroatoms. The van der Waals surface area contributed by atoms with Gasteiger partial charge in [-0.3, -0.25) is 4.90 Å². The Hall–Kier alpha value is 0.0600. The minimum Gasteiger partial charge on any atom is -0.296 e. The molecule has 0 aliphatic carbocycles. The zero-order valence-electron chi connectivity index (χ0n) is 9.33. The zero-order chi connectivity index (χ0) is 12.6. The molecule has 3 nitrogen and oxygen atoms in total. The molecule has 0 bridgehead atoms. The molecular formula is C9H18ClF2NO2S. The third-order valence-corrected chi connectivity index (χ3v) is 4.03. The predicted molar refractivity (Wildman–Crippen MR) is 62.1 cm³/mol. The van der Waals surface area contributed by atoms with Crippen LogP contribution in [0.3, 0.4) is 0 Å². The fourth-order valence-electron chi connectivity index (χ4n) is 1.29. The van der Waals surface area contributed by atoms with E-state index >= 15 is 0 Å². The molecule has 0 fully saturated rings. The molecule has 0 saturated heterocycles. The highest BCUT2D eigenvalue weighted by Gasteiger charge is 2.15. The van der Waals surface area contributed by atoms with Gasteiger partial charge in [0.05, 0.1) is 12.3 Å². The van der Waals surface area contributed by atoms with Gasteiger partial charge in [0.1, 0.15) is 0 Å². The molecule has 16 heavy (non-hydrogen) atoms. The quantitative estimate of drug-likeness (QED) is 0.601. The SMILES string of the molecule is CCCS(=O)(=O)CCN(CCCl)CC(F)F. The normalized spacial score (nSPS) is 12.6. The first-order valence-electron chi connectivity index (χ1n) is 5.18. The van der Waals surface area contributed by atoms with Gasteiger partial charge in [0.2, 0.25) is 0 Å². The number of nitrogens with zero attached hydrogens (tertiary/aromatic N) is 1. The fourth-order valence-corrected chi connectivity index (χ4v) is 2.89. The summed E-state index contributed by atoms with van der Waals surface area (Å²) < 4.78 is 47.0. The van der Waals surface area contributed by atoms with Gasteiger partial charge in [0.25, 0.3) is 6.43 Å². The lowest BCUT2D eigenvalue weighted by molar-refractivity contribution is 0.0940. The summed E-state index contributed by atoms with van der Waals surface area (Å²) in [4.78, 5) is 1.38. The van der Waals surface area contributed by atoms with Crippen LogP contribution in [0.2, 0.25) is 0 Å². The lowest BCUT2D eigenvalue weighted by Crippen LogP contribution is -2.35. The summed E-state index contributed by atoms with van der Waals surface area (Å²) in [5.74, 6) is 0.251. The van der Waals surface area contributed by atoms with Crippen LogP contribution in [0.25, 0.3) is 0 Å². The first kappa shape index (κ1) is 16.1. The first-order chi connectivity index (χ1) is 7.41. The predicted octanol–water partition coefficient (Wildman–Crippen LogP) is 1.62. The van der Waals surface area contributed by atoms with Crippen LogP contribution in [0.5, 0.6) is 0 Å². The number of alkyl halides is 3. The summed E-state index contributed by atoms with van der Waals surface area (Å²) in [5, 5.41) is 0. The average Bonchev–Trinajstić information content (AvgIpc) is 2.14. The number of sulfone groups is 1. The molecule has 0 saturated carbocycles. The molecule has 0 aromatic rings. The van der Waals surface area contributed by atoms with Crippen molar-refractivity contribution in [2.45, 2.75) is 19.8 Å². The molecule has 0 aromatic heterocycles. The topological polar surface area (TPSA) is 37.4 Å². The van der Waals surface area contributed by atoms with E-state index in [1.54, 1.807) is 6.92 Å². The third-order valence-electron chi connectivity index (χ3n) is 2.03. The van der Waals surface area contributed by atoms with Gasteiger partial charge < -0.3 is 0 Å². The largest absolute Gasteiger partial charge is 0.296 e. The van der Waals surface area contributed by atoms with Crippen molar-refractivity contribution in [1.82, 2.24) is 4.90 Å². The van der Waals surface area contributed by atoms with Crippen molar-refractivity contribution in [3.05, 3.63) is 0 Å². The summed E-state index contributed by atoms with van der Waals surface area (Å²) in [6.07, 6.45) is -1.91. The van der Waals surface area contributed by atoms with Gasteiger partial charge in [-0.05, 0) is 6.42 Å². The van der Waals surface area contributed by atoms with Crippen molar-refractivity contribution >= 4 is 21.4 Å². The number of rotatable bonds is 9. The summed E-state index contributed by atoms with van der Waals surface area (Å²) in [6.45, 7) is 1.76. The number of hydrogen-bond donors (Lipinski definition) is 0. The van der Waals surface area contributed by atoms with E-state index < -0.39 is 22.8 Å². The summed E-state index contributed by atoms with van der Waals surface area (Å²) in [5.41, 5.74) is 0. The van der Waals surface area contributed by atoms with Gasteiger partial charge in [0.15, 0.2) is 9.84 Å². The van der Waals surface area contributed by atoms with Gasteiger partial charge in [-0.1, -0.05) is 6.92 Å². The van der Waals surface area contributed by atoms with Crippen LogP contribution in [-0.4, -0.2) is 56.8 Å². The molecule has 0 atom stereocenters. The Morgan fingerprint density at radius 3 is 2.31 bits per heavy atom. The summed E-state index contributed by atoms with van der Waals surface area (Å²) in [7, 11) is -3.11. The Balaban J connectivity index is 4.10. The molecule has 0 N–H and O–H groups in total. The van der Waals surface area contributed by atoms with Crippen molar-refractivity contribution < 1.29 is 17.2 Å². The van der Waals surface area contributed by atoms with E-state index in [2.05, 4.69) is 0 Å². The molecule has 0 aliphatic rings. The Labute approximate surface area is 101 Å². The molecule has 0 rings (SSSR count). The summed E-state index contributed by atoms with van der Waals surface area (Å²) in [6, 6.07) is 0. The van der Waals surface area contributed by atoms with Gasteiger partial charge in [-0.15, -0.1) is 11.6 Å². The maximum absolute atomic E-state index is 12.1. The molecular weight excluding hydrogens is 260 g/mol. The Bertz CT molecular complexity index is 273. The van der Waals surface area contributed by atoms with E-state index in [0.717, 1.165) is 0 Å². The molecule has 0 aromatic carbocycles. The number of hydrogen-bond acceptors (Lipinski definition) is 3. The van der Waals surface area contributed by atoms with Gasteiger partial charge in [-0.2, -0.15) is 0 Å². The van der Waals surface area contributed by atoms with Crippen molar-refractivity contribution in [3.8, 4) is 0 Å². The smallest absolute Gasteiger partial charge is 0.251 e. The van der Waals surface area contributed by atoms with Gasteiger partial charge >= 0.3 is 0 Å². The van der Waals surface area contributed by atoms with E-state index in [9.17, 15) is 17.2 Å². The molecule has 0 unspecified atom stereocenters. The van der Waals surface area contributed by atoms with Gasteiger partial charge in [0, 0.05) is 24.7 Å². The van der Waals surface area contributed by atoms with E-state index in [4.69, 9.17) is 11.6 Å². The van der Waals surface area contributed by atoms with Crippen molar-refractivity contribution in [2.75, 3.05) is 37.0 Å². The standard InChI is InChI=1S/C9H18ClF2NO2S/c1-2-6-16(14,15)7-5-13(4-3-10)8-9(11)12/h9H,2-8H2,1H3. The molecule has 0 spiro atoms. The van der Waals surface area contributed by atoms with E-state index in [0.29, 0.717) is 6.42 Å². The highest BCUT2D eigenvalue weighted by molar-refractivity contribution is 7.91. The van der Waals surface area contributed by atoms with Crippen LogP contribution >= 0.6 is 11.6 Å². The average molecular weight is 278 g/mol. The maximum atomic E-state index is 12.1. The Morgan fingerprint density at radius 2 is 1.88 bits per heavy atom. The molecule has 0 amide bonds. The van der Waals surface area contributed by atoms with Crippen molar-refractivity contribution in [2.24, 2.45) is 0 Å². The second-order valence-corrected chi connectivity index (χ2v) is 6.21. The second-order valence-electron chi connectivity index (χ2n) is 3.53. The zero-order valence-corrected chi connectivity index (χ0v) is 10.9. The van der Waals surface area contributed by atoms with Gasteiger partial charge in [-0.25, -0.2) is 17.2 Å². The van der Waals surface area contributed by atoms with Crippen LogP contribution < -0.4 is 0 Å². The fraction of sp³-hybridized carbons (Fsp3) is 1.00. The molecule has 0 aliphatic heterocycles. The third kappa shape index (κ3) is 8.24. The molecule has 0 heterocycles. The first-order valence-corrected chi connectivity index (χ1v) is 7.53. The highest BCUT2D eigenvalue weighted by atomic mass is 35.5. The van der Waals surface area contributed by atoms with Crippen LogP contribution in [0.4, 0.5) is 8.78 Å². The van der Waals surface area contributed by atoms with Crippen LogP contribution in [0, 0.1) is 0 Å². The van der Waals surface area contributed by atoms with Crippen molar-refractivity contribution in [1.29, 1.82) is 0 Å². The maximum Gasteiger partial charge on any atom is 0.251 e. The van der Waals surface area contributed by atoms with E-state index in [-0.39, 0.29) is 30.5 Å². The molecule has 98 valence electrons. The molecule has 0 radical (unpaired) electrons. The minimum atomic E-state index is -3.11. The van der Waals surface area contributed by atoms with Crippen LogP contribution in [0.1, 0.15) is 13.3 Å². The Kier molecular flexibility index (Phi) is 8.23. The van der Waals surface area contributed by atoms with E-state index in [1.807, 2.05) is 0 Å². The summed E-state index contributed by atoms with van der Waals surface area (Å²) >= 11 is 5.45. The Morgan fingerprint density at radius 1 is 1.25 bits per heavy atom. The van der Waals surface area contributed by atoms with Crippen LogP contribution in [-0.2, 0) is 9.84 Å². The lowest BCUT2D eigenvalue weighted by Gasteiger charge is -2.20. The lowest BCUT2D eigenvalue weighted by atomic mass is 10.5. The second kappa shape index (κ2) is 8.20.